The molecule has 0 saturated carbocycles. The van der Waals surface area contributed by atoms with Crippen molar-refractivity contribution in [1.82, 2.24) is 5.32 Å². The van der Waals surface area contributed by atoms with Crippen LogP contribution in [0, 0.1) is 12.7 Å². The smallest absolute Gasteiger partial charge is 0.179 e. The first-order valence-electron chi connectivity index (χ1n) is 7.28. The van der Waals surface area contributed by atoms with Crippen molar-refractivity contribution >= 4 is 9.84 Å². The highest BCUT2D eigenvalue weighted by Gasteiger charge is 2.18. The van der Waals surface area contributed by atoms with E-state index in [0.717, 1.165) is 5.56 Å². The molecule has 2 aromatic carbocycles. The van der Waals surface area contributed by atoms with Gasteiger partial charge in [0.2, 0.25) is 0 Å². The van der Waals surface area contributed by atoms with E-state index in [2.05, 4.69) is 5.32 Å². The minimum Gasteiger partial charge on any atom is -0.508 e. The molecule has 1 atom stereocenters. The van der Waals surface area contributed by atoms with Crippen LogP contribution in [0.1, 0.15) is 18.1 Å². The molecule has 2 N–H and O–H groups in total. The van der Waals surface area contributed by atoms with Crippen molar-refractivity contribution in [3.05, 3.63) is 59.4 Å². The van der Waals surface area contributed by atoms with Gasteiger partial charge in [0.25, 0.3) is 0 Å². The van der Waals surface area contributed by atoms with Crippen LogP contribution in [0.15, 0.2) is 47.4 Å². The Kier molecular flexibility index (Phi) is 5.38. The Morgan fingerprint density at radius 1 is 1.17 bits per heavy atom. The lowest BCUT2D eigenvalue weighted by Gasteiger charge is -2.15. The van der Waals surface area contributed by atoms with E-state index in [-0.39, 0.29) is 29.0 Å². The molecule has 0 aliphatic heterocycles. The van der Waals surface area contributed by atoms with Crippen molar-refractivity contribution in [2.75, 3.05) is 5.75 Å². The van der Waals surface area contributed by atoms with Crippen molar-refractivity contribution in [3.63, 3.8) is 0 Å². The molecule has 0 aromatic heterocycles. The molecule has 0 bridgehead atoms. The molecule has 4 nitrogen and oxygen atoms in total. The van der Waals surface area contributed by atoms with Crippen LogP contribution < -0.4 is 5.32 Å². The van der Waals surface area contributed by atoms with Crippen LogP contribution in [0.25, 0.3) is 0 Å². The van der Waals surface area contributed by atoms with Crippen molar-refractivity contribution in [2.24, 2.45) is 0 Å². The number of hydrogen-bond donors (Lipinski definition) is 2. The summed E-state index contributed by atoms with van der Waals surface area (Å²) < 4.78 is 37.8. The fourth-order valence-corrected chi connectivity index (χ4v) is 3.73. The van der Waals surface area contributed by atoms with Crippen molar-refractivity contribution in [2.45, 2.75) is 31.3 Å². The van der Waals surface area contributed by atoms with Gasteiger partial charge >= 0.3 is 0 Å². The molecule has 0 amide bonds. The number of rotatable bonds is 6. The van der Waals surface area contributed by atoms with Gasteiger partial charge in [-0.3, -0.25) is 0 Å². The number of hydrogen-bond acceptors (Lipinski definition) is 4. The molecule has 0 fully saturated rings. The van der Waals surface area contributed by atoms with Gasteiger partial charge in [-0.15, -0.1) is 0 Å². The summed E-state index contributed by atoms with van der Waals surface area (Å²) in [6.07, 6.45) is 0. The van der Waals surface area contributed by atoms with Gasteiger partial charge in [-0.25, -0.2) is 12.8 Å². The maximum Gasteiger partial charge on any atom is 0.179 e. The molecule has 0 aliphatic rings. The first kappa shape index (κ1) is 17.4. The molecule has 0 unspecified atom stereocenters. The molecule has 6 heteroatoms. The second-order valence-corrected chi connectivity index (χ2v) is 7.68. The molecular formula is C17H20FNO3S. The average molecular weight is 337 g/mol. The lowest BCUT2D eigenvalue weighted by atomic mass is 10.2. The van der Waals surface area contributed by atoms with Crippen LogP contribution in [0.5, 0.6) is 5.75 Å². The number of aryl methyl sites for hydroxylation is 1. The summed E-state index contributed by atoms with van der Waals surface area (Å²) >= 11 is 0. The zero-order chi connectivity index (χ0) is 17.0. The summed E-state index contributed by atoms with van der Waals surface area (Å²) in [6, 6.07) is 10.0. The maximum atomic E-state index is 13.2. The maximum absolute atomic E-state index is 13.2. The zero-order valence-electron chi connectivity index (χ0n) is 13.1. The number of benzene rings is 2. The second-order valence-electron chi connectivity index (χ2n) is 5.65. The summed E-state index contributed by atoms with van der Waals surface area (Å²) in [6.45, 7) is 3.82. The average Bonchev–Trinajstić information content (AvgIpc) is 2.48. The van der Waals surface area contributed by atoms with Gasteiger partial charge in [-0.1, -0.05) is 17.7 Å². The number of aromatic hydroxyl groups is 1. The second kappa shape index (κ2) is 7.10. The quantitative estimate of drug-likeness (QED) is 0.851. The minimum absolute atomic E-state index is 0.0208. The molecule has 2 rings (SSSR count). The summed E-state index contributed by atoms with van der Waals surface area (Å²) in [5.74, 6) is -0.543. The molecule has 0 saturated heterocycles. The van der Waals surface area contributed by atoms with E-state index in [0.29, 0.717) is 5.56 Å². The van der Waals surface area contributed by atoms with Crippen molar-refractivity contribution in [3.8, 4) is 5.75 Å². The van der Waals surface area contributed by atoms with Gasteiger partial charge < -0.3 is 10.4 Å². The van der Waals surface area contributed by atoms with Gasteiger partial charge in [0.05, 0.1) is 10.6 Å². The number of nitrogens with one attached hydrogen (secondary N) is 1. The molecule has 0 spiro atoms. The van der Waals surface area contributed by atoms with E-state index >= 15 is 0 Å². The highest BCUT2D eigenvalue weighted by molar-refractivity contribution is 7.91. The highest BCUT2D eigenvalue weighted by Crippen LogP contribution is 2.18. The van der Waals surface area contributed by atoms with Crippen LogP contribution >= 0.6 is 0 Å². The van der Waals surface area contributed by atoms with E-state index in [9.17, 15) is 17.9 Å². The molecule has 0 heterocycles. The minimum atomic E-state index is -3.40. The Morgan fingerprint density at radius 2 is 1.83 bits per heavy atom. The van der Waals surface area contributed by atoms with E-state index in [1.807, 2.05) is 6.92 Å². The van der Waals surface area contributed by atoms with Gasteiger partial charge in [0, 0.05) is 18.2 Å². The fraction of sp³-hybridized carbons (Fsp3) is 0.294. The Hall–Kier alpha value is -1.92. The third-order valence-electron chi connectivity index (χ3n) is 3.53. The van der Waals surface area contributed by atoms with E-state index < -0.39 is 15.7 Å². The normalized spacial score (nSPS) is 13.0. The number of sulfone groups is 1. The van der Waals surface area contributed by atoms with Crippen LogP contribution in [0.2, 0.25) is 0 Å². The summed E-state index contributed by atoms with van der Waals surface area (Å²) in [5, 5.41) is 12.7. The van der Waals surface area contributed by atoms with Gasteiger partial charge in [0.1, 0.15) is 11.6 Å². The predicted octanol–water partition coefficient (Wildman–Crippen LogP) is 2.79. The third-order valence-corrected chi connectivity index (χ3v) is 5.46. The Bertz CT molecular complexity index is 773. The van der Waals surface area contributed by atoms with E-state index in [4.69, 9.17) is 0 Å². The lowest BCUT2D eigenvalue weighted by Crippen LogP contribution is -2.32. The fourth-order valence-electron chi connectivity index (χ4n) is 2.21. The first-order chi connectivity index (χ1) is 10.8. The Labute approximate surface area is 135 Å². The van der Waals surface area contributed by atoms with E-state index in [1.165, 1.54) is 18.2 Å². The standard InChI is InChI=1S/C17H20FNO3S/c1-12-3-6-16(7-4-12)23(21,22)11-13(2)19-10-14-9-15(18)5-8-17(14)20/h3-9,13,19-20H,10-11H2,1-2H3/t13-/m0/s1. The highest BCUT2D eigenvalue weighted by atomic mass is 32.2. The van der Waals surface area contributed by atoms with Crippen LogP contribution in [0.3, 0.4) is 0 Å². The van der Waals surface area contributed by atoms with Crippen LogP contribution in [0.4, 0.5) is 4.39 Å². The lowest BCUT2D eigenvalue weighted by molar-refractivity contribution is 0.458. The molecule has 0 aliphatic carbocycles. The predicted molar refractivity (Wildman–Crippen MR) is 87.6 cm³/mol. The molecule has 124 valence electrons. The SMILES string of the molecule is Cc1ccc(S(=O)(=O)C[C@H](C)NCc2cc(F)ccc2O)cc1. The van der Waals surface area contributed by atoms with Gasteiger partial charge in [-0.2, -0.15) is 0 Å². The van der Waals surface area contributed by atoms with Gasteiger partial charge in [0.15, 0.2) is 9.84 Å². The van der Waals surface area contributed by atoms with Gasteiger partial charge in [-0.05, 0) is 44.2 Å². The summed E-state index contributed by atoms with van der Waals surface area (Å²) in [4.78, 5) is 0.283. The summed E-state index contributed by atoms with van der Waals surface area (Å²) in [5.41, 5.74) is 1.39. The molecule has 0 radical (unpaired) electrons. The number of halogens is 1. The monoisotopic (exact) mass is 337 g/mol. The molecule has 23 heavy (non-hydrogen) atoms. The van der Waals surface area contributed by atoms with Crippen molar-refractivity contribution < 1.29 is 17.9 Å². The third kappa shape index (κ3) is 4.77. The van der Waals surface area contributed by atoms with E-state index in [1.54, 1.807) is 31.2 Å². The van der Waals surface area contributed by atoms with Crippen LogP contribution in [-0.2, 0) is 16.4 Å². The topological polar surface area (TPSA) is 66.4 Å². The van der Waals surface area contributed by atoms with Crippen molar-refractivity contribution in [1.29, 1.82) is 0 Å². The number of phenols is 1. The van der Waals surface area contributed by atoms with Crippen LogP contribution in [-0.4, -0.2) is 25.3 Å². The molecular weight excluding hydrogens is 317 g/mol. The number of phenolic OH excluding ortho intramolecular Hbond substituents is 1. The summed E-state index contributed by atoms with van der Waals surface area (Å²) in [7, 11) is -3.40. The Balaban J connectivity index is 2.00. The largest absolute Gasteiger partial charge is 0.508 e. The first-order valence-corrected chi connectivity index (χ1v) is 8.93. The molecule has 2 aromatic rings. The Morgan fingerprint density at radius 3 is 2.48 bits per heavy atom. The zero-order valence-corrected chi connectivity index (χ0v) is 13.9.